The molecule has 2 atom stereocenters. The second-order valence-electron chi connectivity index (χ2n) is 8.61. The Morgan fingerprint density at radius 2 is 1.94 bits per heavy atom. The van der Waals surface area contributed by atoms with E-state index in [0.29, 0.717) is 18.6 Å². The molecule has 0 saturated carbocycles. The summed E-state index contributed by atoms with van der Waals surface area (Å²) in [4.78, 5) is 67.0. The molecule has 3 aliphatic heterocycles. The first-order valence-electron chi connectivity index (χ1n) is 11.5. The first kappa shape index (κ1) is 23.8. The summed E-state index contributed by atoms with van der Waals surface area (Å²) in [5, 5.41) is 5.04. The minimum absolute atomic E-state index is 0.00737. The number of piperidine rings is 1. The van der Waals surface area contributed by atoms with Crippen molar-refractivity contribution in [1.29, 1.82) is 0 Å². The zero-order valence-electron chi connectivity index (χ0n) is 18.8. The summed E-state index contributed by atoms with van der Waals surface area (Å²) in [6.07, 6.45) is 2.74. The van der Waals surface area contributed by atoms with Gasteiger partial charge in [0, 0.05) is 50.9 Å². The van der Waals surface area contributed by atoms with Gasteiger partial charge in [0.25, 0.3) is 5.91 Å². The van der Waals surface area contributed by atoms with Crippen LogP contribution in [0.3, 0.4) is 0 Å². The smallest absolute Gasteiger partial charge is 0.255 e. The van der Waals surface area contributed by atoms with Gasteiger partial charge < -0.3 is 15.0 Å². The fraction of sp³-hybridized carbons (Fsp3) is 0.522. The van der Waals surface area contributed by atoms with Gasteiger partial charge in [-0.15, -0.1) is 0 Å². The Hall–Kier alpha value is -3.31. The quantitative estimate of drug-likeness (QED) is 0.367. The molecule has 0 aliphatic carbocycles. The molecule has 1 aromatic rings. The molecule has 3 N–H and O–H groups in total. The molecule has 1 aromatic carbocycles. The highest BCUT2D eigenvalue weighted by molar-refractivity contribution is 6.05. The fourth-order valence-corrected chi connectivity index (χ4v) is 4.24. The van der Waals surface area contributed by atoms with Crippen LogP contribution in [-0.2, 0) is 41.8 Å². The van der Waals surface area contributed by atoms with Gasteiger partial charge in [0.05, 0.1) is 0 Å². The summed E-state index contributed by atoms with van der Waals surface area (Å²) in [5.74, 6) is -1.70. The Kier molecular flexibility index (Phi) is 7.53. The lowest BCUT2D eigenvalue weighted by Gasteiger charge is -2.29. The number of rotatable bonds is 8. The molecular weight excluding hydrogens is 444 g/mol. The molecule has 5 amide bonds. The number of hydrogen-bond acceptors (Lipinski definition) is 7. The van der Waals surface area contributed by atoms with Gasteiger partial charge >= 0.3 is 0 Å². The molecule has 4 rings (SSSR count). The van der Waals surface area contributed by atoms with Gasteiger partial charge in [-0.25, -0.2) is 10.3 Å². The van der Waals surface area contributed by atoms with Crippen LogP contribution in [0.4, 0.5) is 0 Å². The van der Waals surface area contributed by atoms with Crippen molar-refractivity contribution >= 4 is 29.5 Å². The van der Waals surface area contributed by atoms with E-state index >= 15 is 0 Å². The number of benzene rings is 1. The number of hydroxylamine groups is 1. The lowest BCUT2D eigenvalue weighted by Crippen LogP contribution is -2.52. The summed E-state index contributed by atoms with van der Waals surface area (Å²) in [6, 6.07) is 4.59. The van der Waals surface area contributed by atoms with E-state index in [2.05, 4.69) is 16.1 Å². The molecule has 2 fully saturated rings. The van der Waals surface area contributed by atoms with Gasteiger partial charge in [-0.3, -0.25) is 29.3 Å². The molecule has 0 spiro atoms. The number of nitrogens with one attached hydrogen (secondary N) is 3. The van der Waals surface area contributed by atoms with E-state index < -0.39 is 24.1 Å². The molecule has 3 heterocycles. The van der Waals surface area contributed by atoms with Crippen molar-refractivity contribution in [3.8, 4) is 0 Å². The van der Waals surface area contributed by atoms with Gasteiger partial charge in [0.2, 0.25) is 23.6 Å². The summed E-state index contributed by atoms with van der Waals surface area (Å²) in [6.45, 7) is 1.12. The topological polar surface area (TPSA) is 143 Å². The maximum atomic E-state index is 12.7. The normalized spacial score (nSPS) is 22.2. The molecule has 34 heavy (non-hydrogen) atoms. The molecule has 2 unspecified atom stereocenters. The first-order valence-corrected chi connectivity index (χ1v) is 11.5. The number of nitrogens with zero attached hydrogens (tertiary/aromatic N) is 1. The van der Waals surface area contributed by atoms with E-state index in [1.54, 1.807) is 12.1 Å². The summed E-state index contributed by atoms with van der Waals surface area (Å²) >= 11 is 0. The Morgan fingerprint density at radius 3 is 2.71 bits per heavy atom. The number of fused-ring (bicyclic) bond motifs is 1. The number of amides is 5. The second-order valence-corrected chi connectivity index (χ2v) is 8.61. The van der Waals surface area contributed by atoms with Crippen molar-refractivity contribution in [2.24, 2.45) is 0 Å². The standard InChI is InChI=1S/C23H28N4O7/c28-18(8-9-20(30)26-34-21-3-1-2-10-33-21)24-12-14-4-5-16-15(11-14)13-27(23(16)32)17-6-7-19(29)25-22(17)31/h4-5,11,17,21H,1-3,6-10,12-13H2,(H,24,28)(H,26,30)(H,25,29,31). The van der Waals surface area contributed by atoms with Crippen LogP contribution in [0.1, 0.15) is 66.4 Å². The highest BCUT2D eigenvalue weighted by Crippen LogP contribution is 2.28. The van der Waals surface area contributed by atoms with Gasteiger partial charge in [-0.2, -0.15) is 0 Å². The predicted octanol–water partition coefficient (Wildman–Crippen LogP) is 0.418. The summed E-state index contributed by atoms with van der Waals surface area (Å²) in [5.41, 5.74) is 4.40. The van der Waals surface area contributed by atoms with Crippen LogP contribution in [-0.4, -0.2) is 53.4 Å². The minimum Gasteiger partial charge on any atom is -0.352 e. The molecule has 0 bridgehead atoms. The minimum atomic E-state index is -0.666. The SMILES string of the molecule is O=C(CCC(=O)NOC1CCCCO1)NCc1ccc2c(c1)CN(C1CCC(=O)NC1=O)C2=O. The Balaban J connectivity index is 1.22. The van der Waals surface area contributed by atoms with Crippen molar-refractivity contribution in [2.45, 2.75) is 70.4 Å². The first-order chi connectivity index (χ1) is 16.4. The second kappa shape index (κ2) is 10.7. The van der Waals surface area contributed by atoms with Crippen molar-refractivity contribution in [1.82, 2.24) is 21.0 Å². The number of ether oxygens (including phenoxy) is 1. The predicted molar refractivity (Wildman–Crippen MR) is 116 cm³/mol. The van der Waals surface area contributed by atoms with Gasteiger partial charge in [0.15, 0.2) is 6.29 Å². The maximum absolute atomic E-state index is 12.7. The van der Waals surface area contributed by atoms with E-state index in [1.165, 1.54) is 4.90 Å². The average molecular weight is 472 g/mol. The molecule has 3 aliphatic rings. The summed E-state index contributed by atoms with van der Waals surface area (Å²) in [7, 11) is 0. The van der Waals surface area contributed by atoms with Crippen molar-refractivity contribution < 1.29 is 33.5 Å². The summed E-state index contributed by atoms with van der Waals surface area (Å²) < 4.78 is 5.36. The zero-order valence-corrected chi connectivity index (χ0v) is 18.8. The van der Waals surface area contributed by atoms with Gasteiger partial charge in [-0.1, -0.05) is 12.1 Å². The Labute approximate surface area is 196 Å². The average Bonchev–Trinajstić information content (AvgIpc) is 3.16. The highest BCUT2D eigenvalue weighted by Gasteiger charge is 2.39. The van der Waals surface area contributed by atoms with Crippen LogP contribution in [0.25, 0.3) is 0 Å². The van der Waals surface area contributed by atoms with Crippen LogP contribution in [0.5, 0.6) is 0 Å². The van der Waals surface area contributed by atoms with Crippen LogP contribution >= 0.6 is 0 Å². The van der Waals surface area contributed by atoms with E-state index in [4.69, 9.17) is 9.57 Å². The number of hydrogen-bond donors (Lipinski definition) is 3. The lowest BCUT2D eigenvalue weighted by molar-refractivity contribution is -0.200. The van der Waals surface area contributed by atoms with Crippen LogP contribution in [0, 0.1) is 0 Å². The molecule has 182 valence electrons. The van der Waals surface area contributed by atoms with E-state index in [1.807, 2.05) is 6.07 Å². The molecule has 0 radical (unpaired) electrons. The third kappa shape index (κ3) is 5.78. The number of imide groups is 1. The molecule has 0 aromatic heterocycles. The van der Waals surface area contributed by atoms with Crippen molar-refractivity contribution in [3.63, 3.8) is 0 Å². The Morgan fingerprint density at radius 1 is 1.12 bits per heavy atom. The van der Waals surface area contributed by atoms with E-state index in [-0.39, 0.29) is 50.1 Å². The molecular formula is C23H28N4O7. The third-order valence-electron chi connectivity index (χ3n) is 6.10. The van der Waals surface area contributed by atoms with E-state index in [0.717, 1.165) is 30.4 Å². The maximum Gasteiger partial charge on any atom is 0.255 e. The fourth-order valence-electron chi connectivity index (χ4n) is 4.24. The monoisotopic (exact) mass is 472 g/mol. The van der Waals surface area contributed by atoms with Gasteiger partial charge in [-0.05, 0) is 36.5 Å². The number of carbonyl (C=O) groups is 5. The molecule has 2 saturated heterocycles. The van der Waals surface area contributed by atoms with Crippen LogP contribution in [0.2, 0.25) is 0 Å². The molecule has 11 heteroatoms. The largest absolute Gasteiger partial charge is 0.352 e. The van der Waals surface area contributed by atoms with Crippen molar-refractivity contribution in [3.05, 3.63) is 34.9 Å². The highest BCUT2D eigenvalue weighted by atomic mass is 16.8. The number of carbonyl (C=O) groups excluding carboxylic acids is 5. The van der Waals surface area contributed by atoms with E-state index in [9.17, 15) is 24.0 Å². The van der Waals surface area contributed by atoms with Crippen LogP contribution in [0.15, 0.2) is 18.2 Å². The Bertz CT molecular complexity index is 990. The van der Waals surface area contributed by atoms with Gasteiger partial charge in [0.1, 0.15) is 6.04 Å². The third-order valence-corrected chi connectivity index (χ3v) is 6.10. The lowest BCUT2D eigenvalue weighted by atomic mass is 10.0. The zero-order chi connectivity index (χ0) is 24.1. The van der Waals surface area contributed by atoms with Crippen LogP contribution < -0.4 is 16.1 Å². The molecule has 11 nitrogen and oxygen atoms in total. The van der Waals surface area contributed by atoms with Crippen molar-refractivity contribution in [2.75, 3.05) is 6.61 Å².